The van der Waals surface area contributed by atoms with Gasteiger partial charge in [-0.25, -0.2) is 4.39 Å². The lowest BCUT2D eigenvalue weighted by Crippen LogP contribution is -1.98. The lowest BCUT2D eigenvalue weighted by atomic mass is 10.1. The van der Waals surface area contributed by atoms with Gasteiger partial charge < -0.3 is 9.84 Å². The van der Waals surface area contributed by atoms with Gasteiger partial charge in [0, 0.05) is 22.7 Å². The van der Waals surface area contributed by atoms with Crippen molar-refractivity contribution in [2.75, 3.05) is 7.11 Å². The Kier molecular flexibility index (Phi) is 3.84. The third-order valence-electron chi connectivity index (χ3n) is 1.66. The minimum Gasteiger partial charge on any atom is -0.392 e. The summed E-state index contributed by atoms with van der Waals surface area (Å²) in [5, 5.41) is 8.83. The van der Waals surface area contributed by atoms with E-state index in [9.17, 15) is 4.39 Å². The van der Waals surface area contributed by atoms with Crippen molar-refractivity contribution in [2.45, 2.75) is 13.2 Å². The van der Waals surface area contributed by atoms with Crippen molar-refractivity contribution in [3.8, 4) is 0 Å². The topological polar surface area (TPSA) is 29.5 Å². The predicted octanol–water partition coefficient (Wildman–Crippen LogP) is 2.23. The molecule has 0 fully saturated rings. The smallest absolute Gasteiger partial charge is 0.134 e. The van der Waals surface area contributed by atoms with Crippen LogP contribution in [0.25, 0.3) is 0 Å². The molecule has 0 aliphatic heterocycles. The van der Waals surface area contributed by atoms with Crippen LogP contribution < -0.4 is 0 Å². The summed E-state index contributed by atoms with van der Waals surface area (Å²) in [6, 6.07) is 3.19. The molecular weight excluding hydrogens is 239 g/mol. The molecule has 0 spiro atoms. The zero-order chi connectivity index (χ0) is 9.84. The highest BCUT2D eigenvalue weighted by molar-refractivity contribution is 9.10. The summed E-state index contributed by atoms with van der Waals surface area (Å²) in [6.45, 7) is -0.0970. The van der Waals surface area contributed by atoms with Crippen LogP contribution in [0.4, 0.5) is 4.39 Å². The molecule has 0 heterocycles. The highest BCUT2D eigenvalue weighted by Gasteiger charge is 2.08. The Morgan fingerprint density at radius 2 is 2.08 bits per heavy atom. The fourth-order valence-corrected chi connectivity index (χ4v) is 1.64. The van der Waals surface area contributed by atoms with Gasteiger partial charge in [0.25, 0.3) is 0 Å². The standard InChI is InChI=1S/C9H10BrFO2/c1-13-5-7-3-8(10)2-6(4-12)9(7)11/h2-3,12H,4-5H2,1H3. The van der Waals surface area contributed by atoms with Crippen LogP contribution in [0.5, 0.6) is 0 Å². The Hall–Kier alpha value is -0.450. The van der Waals surface area contributed by atoms with Crippen LogP contribution >= 0.6 is 15.9 Å². The first-order chi connectivity index (χ1) is 6.19. The second kappa shape index (κ2) is 4.69. The average Bonchev–Trinajstić information content (AvgIpc) is 2.11. The molecular formula is C9H10BrFO2. The van der Waals surface area contributed by atoms with Crippen molar-refractivity contribution >= 4 is 15.9 Å². The van der Waals surface area contributed by atoms with E-state index in [0.29, 0.717) is 5.56 Å². The van der Waals surface area contributed by atoms with Crippen LogP contribution in [0.3, 0.4) is 0 Å². The zero-order valence-corrected chi connectivity index (χ0v) is 8.77. The molecule has 2 nitrogen and oxygen atoms in total. The molecule has 0 atom stereocenters. The quantitative estimate of drug-likeness (QED) is 0.890. The number of aliphatic hydroxyl groups is 1. The molecule has 0 unspecified atom stereocenters. The molecule has 72 valence electrons. The van der Waals surface area contributed by atoms with Gasteiger partial charge >= 0.3 is 0 Å². The van der Waals surface area contributed by atoms with Gasteiger partial charge in [-0.15, -0.1) is 0 Å². The lowest BCUT2D eigenvalue weighted by Gasteiger charge is -2.06. The van der Waals surface area contributed by atoms with Gasteiger partial charge in [-0.2, -0.15) is 0 Å². The molecule has 1 N–H and O–H groups in total. The summed E-state index contributed by atoms with van der Waals surface area (Å²) in [4.78, 5) is 0. The summed E-state index contributed by atoms with van der Waals surface area (Å²) in [5.41, 5.74) is 0.724. The second-order valence-corrected chi connectivity index (χ2v) is 3.54. The minimum absolute atomic E-state index is 0.207. The minimum atomic E-state index is -0.396. The van der Waals surface area contributed by atoms with Crippen molar-refractivity contribution in [3.05, 3.63) is 33.5 Å². The molecule has 4 heteroatoms. The molecule has 0 amide bonds. The molecule has 1 aromatic rings. The summed E-state index contributed by atoms with van der Waals surface area (Å²) < 4.78 is 18.9. The van der Waals surface area contributed by atoms with Crippen LogP contribution in [0.15, 0.2) is 16.6 Å². The van der Waals surface area contributed by atoms with Gasteiger partial charge in [-0.05, 0) is 12.1 Å². The molecule has 0 aliphatic rings. The van der Waals surface area contributed by atoms with Crippen molar-refractivity contribution in [1.29, 1.82) is 0 Å². The number of methoxy groups -OCH3 is 1. The van der Waals surface area contributed by atoms with E-state index in [4.69, 9.17) is 9.84 Å². The Morgan fingerprint density at radius 3 is 2.62 bits per heavy atom. The molecule has 0 bridgehead atoms. The number of hydrogen-bond acceptors (Lipinski definition) is 2. The first kappa shape index (κ1) is 10.6. The Bertz CT molecular complexity index is 302. The fourth-order valence-electron chi connectivity index (χ4n) is 1.08. The maximum atomic E-state index is 13.4. The highest BCUT2D eigenvalue weighted by Crippen LogP contribution is 2.20. The van der Waals surface area contributed by atoms with Gasteiger partial charge in [0.2, 0.25) is 0 Å². The molecule has 0 aliphatic carbocycles. The first-order valence-electron chi connectivity index (χ1n) is 3.75. The number of benzene rings is 1. The number of rotatable bonds is 3. The SMILES string of the molecule is COCc1cc(Br)cc(CO)c1F. The highest BCUT2D eigenvalue weighted by atomic mass is 79.9. The average molecular weight is 249 g/mol. The molecule has 0 saturated heterocycles. The van der Waals surface area contributed by atoms with Crippen molar-refractivity contribution in [1.82, 2.24) is 0 Å². The third kappa shape index (κ3) is 2.49. The second-order valence-electron chi connectivity index (χ2n) is 2.63. The van der Waals surface area contributed by atoms with Crippen LogP contribution in [0.2, 0.25) is 0 Å². The molecule has 1 aromatic carbocycles. The van der Waals surface area contributed by atoms with Gasteiger partial charge in [0.05, 0.1) is 13.2 Å². The Balaban J connectivity index is 3.11. The van der Waals surface area contributed by atoms with E-state index in [1.165, 1.54) is 7.11 Å². The lowest BCUT2D eigenvalue weighted by molar-refractivity contribution is 0.180. The van der Waals surface area contributed by atoms with Crippen LogP contribution in [-0.2, 0) is 18.0 Å². The molecule has 0 aromatic heterocycles. The predicted molar refractivity (Wildman–Crippen MR) is 50.7 cm³/mol. The van der Waals surface area contributed by atoms with E-state index >= 15 is 0 Å². The van der Waals surface area contributed by atoms with Gasteiger partial charge in [0.15, 0.2) is 0 Å². The van der Waals surface area contributed by atoms with Gasteiger partial charge in [-0.3, -0.25) is 0 Å². The first-order valence-corrected chi connectivity index (χ1v) is 4.55. The largest absolute Gasteiger partial charge is 0.392 e. The Labute approximate surface area is 84.5 Å². The molecule has 0 radical (unpaired) electrons. The van der Waals surface area contributed by atoms with Gasteiger partial charge in [0.1, 0.15) is 5.82 Å². The van der Waals surface area contributed by atoms with Crippen molar-refractivity contribution in [3.63, 3.8) is 0 Å². The number of aliphatic hydroxyl groups excluding tert-OH is 1. The summed E-state index contributed by atoms with van der Waals surface area (Å²) in [7, 11) is 1.50. The maximum Gasteiger partial charge on any atom is 0.134 e. The number of halogens is 2. The Morgan fingerprint density at radius 1 is 1.46 bits per heavy atom. The van der Waals surface area contributed by atoms with Crippen LogP contribution in [0.1, 0.15) is 11.1 Å². The van der Waals surface area contributed by atoms with E-state index in [1.807, 2.05) is 0 Å². The molecule has 13 heavy (non-hydrogen) atoms. The molecule has 1 rings (SSSR count). The summed E-state index contributed by atoms with van der Waals surface area (Å²) >= 11 is 3.22. The fraction of sp³-hybridized carbons (Fsp3) is 0.333. The van der Waals surface area contributed by atoms with E-state index in [0.717, 1.165) is 4.47 Å². The maximum absolute atomic E-state index is 13.4. The third-order valence-corrected chi connectivity index (χ3v) is 2.12. The van der Waals surface area contributed by atoms with Gasteiger partial charge in [-0.1, -0.05) is 15.9 Å². The van der Waals surface area contributed by atoms with E-state index in [1.54, 1.807) is 12.1 Å². The number of ether oxygens (including phenoxy) is 1. The zero-order valence-electron chi connectivity index (χ0n) is 7.18. The molecule has 0 saturated carbocycles. The normalized spacial score (nSPS) is 10.5. The number of hydrogen-bond donors (Lipinski definition) is 1. The summed E-state index contributed by atoms with van der Waals surface area (Å²) in [6.07, 6.45) is 0. The van der Waals surface area contributed by atoms with Crippen molar-refractivity contribution in [2.24, 2.45) is 0 Å². The van der Waals surface area contributed by atoms with Crippen LogP contribution in [0, 0.1) is 5.82 Å². The van der Waals surface area contributed by atoms with Crippen LogP contribution in [-0.4, -0.2) is 12.2 Å². The van der Waals surface area contributed by atoms with E-state index < -0.39 is 5.82 Å². The van der Waals surface area contributed by atoms with Crippen molar-refractivity contribution < 1.29 is 14.2 Å². The monoisotopic (exact) mass is 248 g/mol. The summed E-state index contributed by atoms with van der Waals surface area (Å²) in [5.74, 6) is -0.396. The van der Waals surface area contributed by atoms with E-state index in [-0.39, 0.29) is 18.8 Å². The van der Waals surface area contributed by atoms with E-state index in [2.05, 4.69) is 15.9 Å².